The summed E-state index contributed by atoms with van der Waals surface area (Å²) in [6, 6.07) is 0. The molecular formula is C29H44O7. The van der Waals surface area contributed by atoms with Crippen LogP contribution < -0.4 is 0 Å². The molecule has 7 nitrogen and oxygen atoms in total. The SMILES string of the molecule is COC(=O)CC[C@H](C)[C@H]1CC[C@H]2[C@@H]3[C@H](OC(C)=O)C[C@@H]4C[C@H](OC(C)=O)CC[C@]4(C)[C@H]3CC(=O)[C@]12C. The molecule has 0 N–H and O–H groups in total. The maximum Gasteiger partial charge on any atom is 0.305 e. The molecule has 7 heteroatoms. The van der Waals surface area contributed by atoms with Crippen LogP contribution in [0.4, 0.5) is 0 Å². The van der Waals surface area contributed by atoms with Crippen LogP contribution in [0.25, 0.3) is 0 Å². The molecule has 0 aromatic rings. The maximum atomic E-state index is 14.0. The number of rotatable bonds is 6. The summed E-state index contributed by atoms with van der Waals surface area (Å²) in [4.78, 5) is 49.7. The monoisotopic (exact) mass is 504 g/mol. The lowest BCUT2D eigenvalue weighted by atomic mass is 9.43. The predicted octanol–water partition coefficient (Wildman–Crippen LogP) is 4.89. The van der Waals surface area contributed by atoms with Crippen molar-refractivity contribution in [2.75, 3.05) is 7.11 Å². The van der Waals surface area contributed by atoms with Crippen molar-refractivity contribution >= 4 is 23.7 Å². The minimum atomic E-state index is -0.465. The van der Waals surface area contributed by atoms with E-state index in [1.165, 1.54) is 21.0 Å². The maximum absolute atomic E-state index is 14.0. The normalized spacial score (nSPS) is 42.4. The van der Waals surface area contributed by atoms with Gasteiger partial charge in [-0.15, -0.1) is 0 Å². The Kier molecular flexibility index (Phi) is 7.60. The molecule has 0 radical (unpaired) electrons. The first kappa shape index (κ1) is 27.1. The van der Waals surface area contributed by atoms with E-state index in [1.807, 2.05) is 0 Å². The molecule has 4 aliphatic rings. The number of hydrogen-bond donors (Lipinski definition) is 0. The summed E-state index contributed by atoms with van der Waals surface area (Å²) in [6.07, 6.45) is 6.44. The van der Waals surface area contributed by atoms with Gasteiger partial charge in [-0.05, 0) is 80.0 Å². The third-order valence-corrected chi connectivity index (χ3v) is 10.9. The molecule has 0 aromatic carbocycles. The van der Waals surface area contributed by atoms with Gasteiger partial charge in [-0.3, -0.25) is 19.2 Å². The molecule has 36 heavy (non-hydrogen) atoms. The van der Waals surface area contributed by atoms with Gasteiger partial charge in [-0.1, -0.05) is 20.8 Å². The van der Waals surface area contributed by atoms with Crippen LogP contribution in [-0.2, 0) is 33.4 Å². The first-order valence-electron chi connectivity index (χ1n) is 13.9. The van der Waals surface area contributed by atoms with Gasteiger partial charge in [0.25, 0.3) is 0 Å². The van der Waals surface area contributed by atoms with Gasteiger partial charge in [0.05, 0.1) is 7.11 Å². The second-order valence-corrected chi connectivity index (χ2v) is 12.6. The Labute approximate surface area is 215 Å². The highest BCUT2D eigenvalue weighted by atomic mass is 16.5. The summed E-state index contributed by atoms with van der Waals surface area (Å²) in [5, 5.41) is 0. The van der Waals surface area contributed by atoms with E-state index in [1.54, 1.807) is 0 Å². The van der Waals surface area contributed by atoms with E-state index in [0.717, 1.165) is 38.5 Å². The number of ether oxygens (including phenoxy) is 3. The summed E-state index contributed by atoms with van der Waals surface area (Å²) in [6.45, 7) is 9.57. The Morgan fingerprint density at radius 3 is 2.33 bits per heavy atom. The van der Waals surface area contributed by atoms with Crippen LogP contribution in [0.5, 0.6) is 0 Å². The molecule has 10 atom stereocenters. The van der Waals surface area contributed by atoms with Crippen molar-refractivity contribution in [3.63, 3.8) is 0 Å². The van der Waals surface area contributed by atoms with E-state index in [-0.39, 0.29) is 71.0 Å². The van der Waals surface area contributed by atoms with E-state index >= 15 is 0 Å². The van der Waals surface area contributed by atoms with Crippen molar-refractivity contribution in [2.24, 2.45) is 46.3 Å². The van der Waals surface area contributed by atoms with E-state index in [2.05, 4.69) is 20.8 Å². The predicted molar refractivity (Wildman–Crippen MR) is 133 cm³/mol. The Balaban J connectivity index is 1.62. The Morgan fingerprint density at radius 1 is 1.00 bits per heavy atom. The van der Waals surface area contributed by atoms with Crippen molar-refractivity contribution in [2.45, 2.75) is 105 Å². The quantitative estimate of drug-likeness (QED) is 0.375. The van der Waals surface area contributed by atoms with Crippen LogP contribution in [0.15, 0.2) is 0 Å². The summed E-state index contributed by atoms with van der Waals surface area (Å²) < 4.78 is 16.5. The van der Waals surface area contributed by atoms with Gasteiger partial charge < -0.3 is 14.2 Å². The molecular weight excluding hydrogens is 460 g/mol. The molecule has 0 amide bonds. The highest BCUT2D eigenvalue weighted by molar-refractivity contribution is 5.87. The molecule has 0 aromatic heterocycles. The fourth-order valence-corrected chi connectivity index (χ4v) is 9.14. The van der Waals surface area contributed by atoms with Crippen molar-refractivity contribution in [3.8, 4) is 0 Å². The van der Waals surface area contributed by atoms with E-state index in [9.17, 15) is 19.2 Å². The summed E-state index contributed by atoms with van der Waals surface area (Å²) in [7, 11) is 1.41. The fraction of sp³-hybridized carbons (Fsp3) is 0.862. The van der Waals surface area contributed by atoms with Gasteiger partial charge in [0.15, 0.2) is 0 Å². The van der Waals surface area contributed by atoms with Gasteiger partial charge in [0.2, 0.25) is 0 Å². The van der Waals surface area contributed by atoms with Crippen molar-refractivity contribution in [1.29, 1.82) is 0 Å². The molecule has 4 aliphatic carbocycles. The number of hydrogen-bond acceptors (Lipinski definition) is 7. The van der Waals surface area contributed by atoms with Gasteiger partial charge in [-0.25, -0.2) is 0 Å². The molecule has 0 heterocycles. The lowest BCUT2D eigenvalue weighted by Gasteiger charge is -2.62. The van der Waals surface area contributed by atoms with Crippen LogP contribution in [-0.4, -0.2) is 43.0 Å². The number of Topliss-reactive ketones (excluding diaryl/α,β-unsaturated/α-hetero) is 1. The molecule has 4 rings (SSSR count). The van der Waals surface area contributed by atoms with Crippen molar-refractivity contribution < 1.29 is 33.4 Å². The Bertz CT molecular complexity index is 898. The third-order valence-electron chi connectivity index (χ3n) is 10.9. The first-order valence-corrected chi connectivity index (χ1v) is 13.9. The summed E-state index contributed by atoms with van der Waals surface area (Å²) in [5.41, 5.74) is -0.503. The van der Waals surface area contributed by atoms with Crippen LogP contribution >= 0.6 is 0 Å². The molecule has 0 aliphatic heterocycles. The average molecular weight is 505 g/mol. The minimum Gasteiger partial charge on any atom is -0.469 e. The Morgan fingerprint density at radius 2 is 1.69 bits per heavy atom. The number of ketones is 1. The summed E-state index contributed by atoms with van der Waals surface area (Å²) in [5.74, 6) is 0.785. The number of fused-ring (bicyclic) bond motifs is 5. The molecule has 4 fully saturated rings. The molecule has 202 valence electrons. The van der Waals surface area contributed by atoms with Crippen LogP contribution in [0.2, 0.25) is 0 Å². The van der Waals surface area contributed by atoms with E-state index in [0.29, 0.717) is 25.0 Å². The van der Waals surface area contributed by atoms with Gasteiger partial charge in [0, 0.05) is 38.0 Å². The second kappa shape index (κ2) is 10.1. The lowest BCUT2D eigenvalue weighted by Crippen LogP contribution is -2.62. The lowest BCUT2D eigenvalue weighted by molar-refractivity contribution is -0.196. The number of carbonyl (C=O) groups excluding carboxylic acids is 4. The zero-order valence-electron chi connectivity index (χ0n) is 22.8. The van der Waals surface area contributed by atoms with Crippen LogP contribution in [0, 0.1) is 46.3 Å². The van der Waals surface area contributed by atoms with E-state index < -0.39 is 5.41 Å². The largest absolute Gasteiger partial charge is 0.469 e. The minimum absolute atomic E-state index is 0.0382. The number of carbonyl (C=O) groups is 4. The fourth-order valence-electron chi connectivity index (χ4n) is 9.14. The van der Waals surface area contributed by atoms with Gasteiger partial charge >= 0.3 is 17.9 Å². The van der Waals surface area contributed by atoms with E-state index in [4.69, 9.17) is 14.2 Å². The third kappa shape index (κ3) is 4.60. The van der Waals surface area contributed by atoms with Crippen LogP contribution in [0.1, 0.15) is 92.4 Å². The summed E-state index contributed by atoms with van der Waals surface area (Å²) >= 11 is 0. The van der Waals surface area contributed by atoms with Gasteiger partial charge in [0.1, 0.15) is 18.0 Å². The zero-order chi connectivity index (χ0) is 26.4. The average Bonchev–Trinajstić information content (AvgIpc) is 3.16. The molecule has 0 spiro atoms. The standard InChI is InChI=1S/C29H44O7/c1-16(7-10-26(33)34-6)21-8-9-22-27-23(15-25(32)29(21,22)5)28(4)12-11-20(35-17(2)30)13-19(28)14-24(27)36-18(3)31/h16,19-24,27H,7-15H2,1-6H3/t16-,19-,20+,21+,22-,23-,24+,27-,28-,29+/m0/s1. The second-order valence-electron chi connectivity index (χ2n) is 12.6. The van der Waals surface area contributed by atoms with Crippen molar-refractivity contribution in [3.05, 3.63) is 0 Å². The van der Waals surface area contributed by atoms with Gasteiger partial charge in [-0.2, -0.15) is 0 Å². The highest BCUT2D eigenvalue weighted by Gasteiger charge is 2.66. The molecule has 0 saturated heterocycles. The molecule has 0 unspecified atom stereocenters. The number of methoxy groups -OCH3 is 1. The molecule has 0 bridgehead atoms. The van der Waals surface area contributed by atoms with Crippen LogP contribution in [0.3, 0.4) is 0 Å². The number of esters is 3. The van der Waals surface area contributed by atoms with Crippen molar-refractivity contribution in [1.82, 2.24) is 0 Å². The highest BCUT2D eigenvalue weighted by Crippen LogP contribution is 2.67. The first-order chi connectivity index (χ1) is 16.9. The smallest absolute Gasteiger partial charge is 0.305 e. The zero-order valence-corrected chi connectivity index (χ0v) is 22.8. The molecule has 4 saturated carbocycles. The topological polar surface area (TPSA) is 96.0 Å². The Hall–Kier alpha value is -1.92.